The van der Waals surface area contributed by atoms with Gasteiger partial charge in [-0.15, -0.1) is 0 Å². The molecule has 130 valence electrons. The molecule has 2 saturated heterocycles. The van der Waals surface area contributed by atoms with Crippen LogP contribution in [0.5, 0.6) is 0 Å². The first-order valence-corrected chi connectivity index (χ1v) is 9.64. The van der Waals surface area contributed by atoms with Crippen LogP contribution in [-0.2, 0) is 17.1 Å². The molecule has 1 aromatic carbocycles. The molecule has 0 aliphatic carbocycles. The van der Waals surface area contributed by atoms with Crippen molar-refractivity contribution in [3.63, 3.8) is 0 Å². The zero-order chi connectivity index (χ0) is 17.1. The molecule has 2 aliphatic heterocycles. The number of benzene rings is 1. The first-order chi connectivity index (χ1) is 11.4. The molecule has 4 rings (SSSR count). The van der Waals surface area contributed by atoms with Crippen molar-refractivity contribution in [1.29, 1.82) is 0 Å². The van der Waals surface area contributed by atoms with Crippen LogP contribution in [0.25, 0.3) is 11.1 Å². The molecule has 0 spiro atoms. The summed E-state index contributed by atoms with van der Waals surface area (Å²) in [4.78, 5) is 11.8. The predicted octanol–water partition coefficient (Wildman–Crippen LogP) is 1.03. The van der Waals surface area contributed by atoms with Gasteiger partial charge in [-0.1, -0.05) is 0 Å². The molecule has 1 N–H and O–H groups in total. The molecule has 24 heavy (non-hydrogen) atoms. The zero-order valence-electron chi connectivity index (χ0n) is 13.7. The van der Waals surface area contributed by atoms with Gasteiger partial charge in [-0.2, -0.15) is 4.31 Å². The Labute approximate surface area is 140 Å². The van der Waals surface area contributed by atoms with Gasteiger partial charge in [-0.25, -0.2) is 13.2 Å². The highest BCUT2D eigenvalue weighted by Crippen LogP contribution is 2.32. The number of sulfonamides is 1. The van der Waals surface area contributed by atoms with Gasteiger partial charge in [-0.05, 0) is 37.8 Å². The molecule has 0 amide bonds. The van der Waals surface area contributed by atoms with Crippen molar-refractivity contribution in [2.45, 2.75) is 48.7 Å². The third-order valence-electron chi connectivity index (χ3n) is 5.40. The van der Waals surface area contributed by atoms with Crippen LogP contribution >= 0.6 is 0 Å². The molecular weight excluding hydrogens is 330 g/mol. The molecule has 8 heteroatoms. The highest BCUT2D eigenvalue weighted by molar-refractivity contribution is 7.89. The Kier molecular flexibility index (Phi) is 3.59. The van der Waals surface area contributed by atoms with Crippen molar-refractivity contribution < 1.29 is 12.8 Å². The number of nitrogens with one attached hydrogen (secondary N) is 1. The predicted molar refractivity (Wildman–Crippen MR) is 89.4 cm³/mol. The third-order valence-corrected chi connectivity index (χ3v) is 7.31. The van der Waals surface area contributed by atoms with E-state index in [1.165, 1.54) is 14.9 Å². The van der Waals surface area contributed by atoms with Crippen molar-refractivity contribution in [2.24, 2.45) is 7.05 Å². The van der Waals surface area contributed by atoms with E-state index in [1.807, 2.05) is 0 Å². The molecule has 1 aromatic heterocycles. The van der Waals surface area contributed by atoms with Crippen LogP contribution in [0.1, 0.15) is 25.7 Å². The van der Waals surface area contributed by atoms with E-state index in [-0.39, 0.29) is 10.9 Å². The Hall–Kier alpha value is -1.64. The Morgan fingerprint density at radius 1 is 1.25 bits per heavy atom. The second-order valence-electron chi connectivity index (χ2n) is 6.84. The Morgan fingerprint density at radius 2 is 1.92 bits per heavy atom. The maximum Gasteiger partial charge on any atom is 0.419 e. The molecule has 0 saturated carbocycles. The molecule has 2 fully saturated rings. The summed E-state index contributed by atoms with van der Waals surface area (Å²) in [5, 5.41) is 3.53. The van der Waals surface area contributed by atoms with Crippen LogP contribution in [-0.4, -0.2) is 42.5 Å². The number of hydrogen-bond acceptors (Lipinski definition) is 5. The fourth-order valence-corrected chi connectivity index (χ4v) is 5.35. The number of hydrogen-bond donors (Lipinski definition) is 1. The molecular formula is C16H21N3O4S. The number of nitrogens with zero attached hydrogens (tertiary/aromatic N) is 2. The lowest BCUT2D eigenvalue weighted by Crippen LogP contribution is -2.48. The Bertz CT molecular complexity index is 934. The smallest absolute Gasteiger partial charge is 0.408 e. The largest absolute Gasteiger partial charge is 0.419 e. The van der Waals surface area contributed by atoms with Crippen LogP contribution in [0.3, 0.4) is 0 Å². The molecule has 7 nitrogen and oxygen atoms in total. The highest BCUT2D eigenvalue weighted by atomic mass is 32.2. The number of rotatable bonds is 3. The van der Waals surface area contributed by atoms with E-state index in [0.717, 1.165) is 25.7 Å². The van der Waals surface area contributed by atoms with E-state index in [4.69, 9.17) is 4.42 Å². The number of aryl methyl sites for hydroxylation is 1. The summed E-state index contributed by atoms with van der Waals surface area (Å²) in [6.45, 7) is 0. The minimum Gasteiger partial charge on any atom is -0.408 e. The molecule has 0 radical (unpaired) electrons. The van der Waals surface area contributed by atoms with E-state index < -0.39 is 15.8 Å². The molecule has 2 unspecified atom stereocenters. The molecule has 2 bridgehead atoms. The number of aromatic nitrogens is 1. The topological polar surface area (TPSA) is 84.6 Å². The van der Waals surface area contributed by atoms with Crippen LogP contribution in [0.2, 0.25) is 0 Å². The van der Waals surface area contributed by atoms with Gasteiger partial charge in [0.15, 0.2) is 5.58 Å². The summed E-state index contributed by atoms with van der Waals surface area (Å²) in [6.07, 6.45) is 3.93. The van der Waals surface area contributed by atoms with E-state index in [0.29, 0.717) is 23.2 Å². The summed E-state index contributed by atoms with van der Waals surface area (Å²) in [7, 11) is -0.373. The second kappa shape index (κ2) is 5.44. The van der Waals surface area contributed by atoms with Crippen molar-refractivity contribution in [2.75, 3.05) is 7.05 Å². The monoisotopic (exact) mass is 351 g/mol. The van der Waals surface area contributed by atoms with Crippen molar-refractivity contribution >= 4 is 21.1 Å². The van der Waals surface area contributed by atoms with Crippen LogP contribution in [0.4, 0.5) is 0 Å². The van der Waals surface area contributed by atoms with Gasteiger partial charge in [-0.3, -0.25) is 4.57 Å². The molecule has 3 heterocycles. The van der Waals surface area contributed by atoms with Crippen LogP contribution in [0, 0.1) is 0 Å². The van der Waals surface area contributed by atoms with E-state index in [9.17, 15) is 13.2 Å². The van der Waals surface area contributed by atoms with E-state index in [1.54, 1.807) is 26.2 Å². The normalized spacial score (nSPS) is 27.2. The van der Waals surface area contributed by atoms with Gasteiger partial charge in [0.2, 0.25) is 10.0 Å². The zero-order valence-corrected chi connectivity index (χ0v) is 14.5. The van der Waals surface area contributed by atoms with Gasteiger partial charge >= 0.3 is 5.76 Å². The van der Waals surface area contributed by atoms with Gasteiger partial charge < -0.3 is 9.73 Å². The molecule has 2 aromatic rings. The first kappa shape index (κ1) is 15.9. The third kappa shape index (κ3) is 2.40. The first-order valence-electron chi connectivity index (χ1n) is 8.20. The summed E-state index contributed by atoms with van der Waals surface area (Å²) in [5.74, 6) is -0.497. The number of fused-ring (bicyclic) bond motifs is 3. The molecule has 2 aliphatic rings. The highest BCUT2D eigenvalue weighted by Gasteiger charge is 2.38. The van der Waals surface area contributed by atoms with Gasteiger partial charge in [0, 0.05) is 38.3 Å². The van der Waals surface area contributed by atoms with E-state index >= 15 is 0 Å². The lowest BCUT2D eigenvalue weighted by atomic mass is 10.0. The fourth-order valence-electron chi connectivity index (χ4n) is 3.96. The minimum absolute atomic E-state index is 0.00669. The van der Waals surface area contributed by atoms with Crippen molar-refractivity contribution in [3.8, 4) is 0 Å². The quantitative estimate of drug-likeness (QED) is 0.893. The number of oxazole rings is 1. The SMILES string of the molecule is CN(C1CC2CCC(C1)N2)S(=O)(=O)c1ccc2c(c1)oc(=O)n2C. The molecule has 2 atom stereocenters. The number of piperidine rings is 1. The summed E-state index contributed by atoms with van der Waals surface area (Å²) >= 11 is 0. The maximum absolute atomic E-state index is 13.0. The van der Waals surface area contributed by atoms with Crippen LogP contribution < -0.4 is 11.1 Å². The van der Waals surface area contributed by atoms with Crippen molar-refractivity contribution in [1.82, 2.24) is 14.2 Å². The van der Waals surface area contributed by atoms with Gasteiger partial charge in [0.1, 0.15) is 0 Å². The lowest BCUT2D eigenvalue weighted by Gasteiger charge is -2.34. The standard InChI is InChI=1S/C16H21N3O4S/c1-18-14-6-5-13(9-15(14)23-16(18)20)24(21,22)19(2)12-7-10-3-4-11(8-12)17-10/h5-6,9-12,17H,3-4,7-8H2,1-2H3. The van der Waals surface area contributed by atoms with Gasteiger partial charge in [0.05, 0.1) is 10.4 Å². The Balaban J connectivity index is 1.67. The Morgan fingerprint density at radius 3 is 2.58 bits per heavy atom. The average Bonchev–Trinajstić information content (AvgIpc) is 3.05. The summed E-state index contributed by atoms with van der Waals surface area (Å²) in [5.41, 5.74) is 0.879. The second-order valence-corrected chi connectivity index (χ2v) is 8.84. The lowest BCUT2D eigenvalue weighted by molar-refractivity contribution is 0.251. The fraction of sp³-hybridized carbons (Fsp3) is 0.562. The minimum atomic E-state index is -3.62. The summed E-state index contributed by atoms with van der Waals surface area (Å²) in [6, 6.07) is 5.44. The van der Waals surface area contributed by atoms with Gasteiger partial charge in [0.25, 0.3) is 0 Å². The van der Waals surface area contributed by atoms with Crippen LogP contribution in [0.15, 0.2) is 32.3 Å². The van der Waals surface area contributed by atoms with Crippen molar-refractivity contribution in [3.05, 3.63) is 28.7 Å². The average molecular weight is 351 g/mol. The van der Waals surface area contributed by atoms with E-state index in [2.05, 4.69) is 5.32 Å². The summed E-state index contributed by atoms with van der Waals surface area (Å²) < 4.78 is 33.9. The maximum atomic E-state index is 13.0.